The number of phenols is 1. The van der Waals surface area contributed by atoms with Crippen LogP contribution in [0.5, 0.6) is 5.75 Å². The molecule has 0 radical (unpaired) electrons. The van der Waals surface area contributed by atoms with E-state index in [4.69, 9.17) is 9.63 Å². The van der Waals surface area contributed by atoms with Crippen LogP contribution in [0.2, 0.25) is 0 Å². The predicted octanol–water partition coefficient (Wildman–Crippen LogP) is 2.35. The molecule has 1 aromatic heterocycles. The van der Waals surface area contributed by atoms with Crippen LogP contribution in [0.15, 0.2) is 28.8 Å². The molecule has 0 aliphatic heterocycles. The Morgan fingerprint density at radius 2 is 2.06 bits per heavy atom. The molecule has 1 N–H and O–H groups in total. The van der Waals surface area contributed by atoms with E-state index in [0.29, 0.717) is 11.7 Å². The van der Waals surface area contributed by atoms with Crippen molar-refractivity contribution >= 4 is 11.8 Å². The zero-order chi connectivity index (χ0) is 11.4. The molecule has 0 spiro atoms. The van der Waals surface area contributed by atoms with E-state index in [1.54, 1.807) is 36.0 Å². The summed E-state index contributed by atoms with van der Waals surface area (Å²) in [5.41, 5.74) is 0.844. The van der Waals surface area contributed by atoms with Crippen LogP contribution < -0.4 is 0 Å². The third-order valence-corrected chi connectivity index (χ3v) is 2.73. The van der Waals surface area contributed by atoms with Crippen molar-refractivity contribution in [2.24, 2.45) is 0 Å². The standard InChI is InChI=1S/C11H12N2O2S/c1-16-7-6-10-12-11(13-15-10)8-2-4-9(14)5-3-8/h2-5,14H,6-7H2,1H3. The summed E-state index contributed by atoms with van der Waals surface area (Å²) in [5, 5.41) is 13.0. The summed E-state index contributed by atoms with van der Waals surface area (Å²) in [4.78, 5) is 4.27. The molecule has 4 nitrogen and oxygen atoms in total. The lowest BCUT2D eigenvalue weighted by Crippen LogP contribution is -1.87. The summed E-state index contributed by atoms with van der Waals surface area (Å²) in [6, 6.07) is 6.73. The number of aromatic hydroxyl groups is 1. The molecule has 84 valence electrons. The number of hydrogen-bond donors (Lipinski definition) is 1. The van der Waals surface area contributed by atoms with E-state index < -0.39 is 0 Å². The fourth-order valence-electron chi connectivity index (χ4n) is 1.27. The predicted molar refractivity (Wildman–Crippen MR) is 63.5 cm³/mol. The highest BCUT2D eigenvalue weighted by molar-refractivity contribution is 7.98. The summed E-state index contributed by atoms with van der Waals surface area (Å²) < 4.78 is 5.11. The van der Waals surface area contributed by atoms with Gasteiger partial charge in [0.15, 0.2) is 0 Å². The molecule has 0 amide bonds. The monoisotopic (exact) mass is 236 g/mol. The van der Waals surface area contributed by atoms with Crippen LogP contribution in [0.3, 0.4) is 0 Å². The third-order valence-electron chi connectivity index (χ3n) is 2.11. The maximum Gasteiger partial charge on any atom is 0.227 e. The van der Waals surface area contributed by atoms with Crippen LogP contribution in [0.1, 0.15) is 5.89 Å². The Bertz CT molecular complexity index is 453. The lowest BCUT2D eigenvalue weighted by Gasteiger charge is -1.93. The van der Waals surface area contributed by atoms with Gasteiger partial charge in [-0.2, -0.15) is 16.7 Å². The van der Waals surface area contributed by atoms with Gasteiger partial charge in [0, 0.05) is 17.7 Å². The van der Waals surface area contributed by atoms with Gasteiger partial charge in [0.2, 0.25) is 11.7 Å². The Kier molecular flexibility index (Phi) is 3.46. The van der Waals surface area contributed by atoms with Crippen molar-refractivity contribution in [3.63, 3.8) is 0 Å². The molecule has 0 aliphatic carbocycles. The number of phenolic OH excluding ortho intramolecular Hbond substituents is 1. The Labute approximate surface area is 97.7 Å². The molecule has 0 fully saturated rings. The number of rotatable bonds is 4. The molecule has 0 unspecified atom stereocenters. The fraction of sp³-hybridized carbons (Fsp3) is 0.273. The lowest BCUT2D eigenvalue weighted by molar-refractivity contribution is 0.383. The first-order valence-electron chi connectivity index (χ1n) is 4.90. The first-order valence-corrected chi connectivity index (χ1v) is 6.30. The van der Waals surface area contributed by atoms with E-state index in [1.807, 2.05) is 6.26 Å². The number of thioether (sulfide) groups is 1. The Morgan fingerprint density at radius 1 is 1.31 bits per heavy atom. The van der Waals surface area contributed by atoms with Crippen molar-refractivity contribution in [2.45, 2.75) is 6.42 Å². The second-order valence-electron chi connectivity index (χ2n) is 3.30. The SMILES string of the molecule is CSCCc1nc(-c2ccc(O)cc2)no1. The van der Waals surface area contributed by atoms with Crippen molar-refractivity contribution in [1.29, 1.82) is 0 Å². The van der Waals surface area contributed by atoms with E-state index in [-0.39, 0.29) is 5.75 Å². The quantitative estimate of drug-likeness (QED) is 0.883. The van der Waals surface area contributed by atoms with Gasteiger partial charge in [-0.1, -0.05) is 5.16 Å². The smallest absolute Gasteiger partial charge is 0.227 e. The Morgan fingerprint density at radius 3 is 2.75 bits per heavy atom. The van der Waals surface area contributed by atoms with Gasteiger partial charge in [0.25, 0.3) is 0 Å². The van der Waals surface area contributed by atoms with Gasteiger partial charge in [-0.05, 0) is 30.5 Å². The summed E-state index contributed by atoms with van der Waals surface area (Å²) in [5.74, 6) is 2.42. The normalized spacial score (nSPS) is 10.6. The van der Waals surface area contributed by atoms with Crippen LogP contribution in [-0.2, 0) is 6.42 Å². The van der Waals surface area contributed by atoms with Crippen LogP contribution in [0.25, 0.3) is 11.4 Å². The van der Waals surface area contributed by atoms with Crippen molar-refractivity contribution in [3.05, 3.63) is 30.2 Å². The topological polar surface area (TPSA) is 59.2 Å². The molecule has 16 heavy (non-hydrogen) atoms. The van der Waals surface area contributed by atoms with E-state index in [1.165, 1.54) is 0 Å². The van der Waals surface area contributed by atoms with Gasteiger partial charge in [-0.25, -0.2) is 0 Å². The van der Waals surface area contributed by atoms with E-state index in [9.17, 15) is 0 Å². The van der Waals surface area contributed by atoms with E-state index in [0.717, 1.165) is 17.7 Å². The van der Waals surface area contributed by atoms with Crippen molar-refractivity contribution in [2.75, 3.05) is 12.0 Å². The first kappa shape index (κ1) is 11.0. The van der Waals surface area contributed by atoms with Crippen LogP contribution in [0, 0.1) is 0 Å². The fourth-order valence-corrected chi connectivity index (χ4v) is 1.65. The van der Waals surface area contributed by atoms with Gasteiger partial charge < -0.3 is 9.63 Å². The third kappa shape index (κ3) is 2.55. The molecule has 0 saturated carbocycles. The van der Waals surface area contributed by atoms with E-state index in [2.05, 4.69) is 10.1 Å². The molecule has 1 heterocycles. The molecule has 0 aliphatic rings. The van der Waals surface area contributed by atoms with Crippen LogP contribution in [-0.4, -0.2) is 27.3 Å². The number of hydrogen-bond acceptors (Lipinski definition) is 5. The van der Waals surface area contributed by atoms with E-state index >= 15 is 0 Å². The van der Waals surface area contributed by atoms with Gasteiger partial charge >= 0.3 is 0 Å². The summed E-state index contributed by atoms with van der Waals surface area (Å²) in [6.07, 6.45) is 2.82. The molecule has 2 rings (SSSR count). The van der Waals surface area contributed by atoms with Gasteiger partial charge in [-0.15, -0.1) is 0 Å². The molecule has 0 saturated heterocycles. The van der Waals surface area contributed by atoms with Gasteiger partial charge in [0.1, 0.15) is 5.75 Å². The zero-order valence-corrected chi connectivity index (χ0v) is 9.70. The molecule has 0 atom stereocenters. The summed E-state index contributed by atoms with van der Waals surface area (Å²) in [7, 11) is 0. The zero-order valence-electron chi connectivity index (χ0n) is 8.88. The highest BCUT2D eigenvalue weighted by atomic mass is 32.2. The maximum absolute atomic E-state index is 9.16. The summed E-state index contributed by atoms with van der Waals surface area (Å²) in [6.45, 7) is 0. The molecule has 5 heteroatoms. The molecule has 2 aromatic rings. The largest absolute Gasteiger partial charge is 0.508 e. The van der Waals surface area contributed by atoms with Gasteiger partial charge in [-0.3, -0.25) is 0 Å². The molecule has 0 bridgehead atoms. The highest BCUT2D eigenvalue weighted by Crippen LogP contribution is 2.19. The first-order chi connectivity index (χ1) is 7.79. The summed E-state index contributed by atoms with van der Waals surface area (Å²) >= 11 is 1.74. The number of aryl methyl sites for hydroxylation is 1. The second kappa shape index (κ2) is 5.03. The van der Waals surface area contributed by atoms with Crippen molar-refractivity contribution in [1.82, 2.24) is 10.1 Å². The molecular formula is C11H12N2O2S. The minimum atomic E-state index is 0.231. The van der Waals surface area contributed by atoms with Crippen LogP contribution >= 0.6 is 11.8 Å². The minimum absolute atomic E-state index is 0.231. The van der Waals surface area contributed by atoms with Gasteiger partial charge in [0.05, 0.1) is 0 Å². The molecular weight excluding hydrogens is 224 g/mol. The minimum Gasteiger partial charge on any atom is -0.508 e. The van der Waals surface area contributed by atoms with Crippen molar-refractivity contribution in [3.8, 4) is 17.1 Å². The Balaban J connectivity index is 2.15. The number of benzene rings is 1. The average Bonchev–Trinajstić information content (AvgIpc) is 2.76. The molecule has 1 aromatic carbocycles. The van der Waals surface area contributed by atoms with Crippen LogP contribution in [0.4, 0.5) is 0 Å². The highest BCUT2D eigenvalue weighted by Gasteiger charge is 2.07. The number of nitrogens with zero attached hydrogens (tertiary/aromatic N) is 2. The number of aromatic nitrogens is 2. The maximum atomic E-state index is 9.16. The lowest BCUT2D eigenvalue weighted by atomic mass is 10.2. The average molecular weight is 236 g/mol. The Hall–Kier alpha value is -1.49. The van der Waals surface area contributed by atoms with Crippen molar-refractivity contribution < 1.29 is 9.63 Å². The second-order valence-corrected chi connectivity index (χ2v) is 4.29.